The number of hydrogen-bond acceptors (Lipinski definition) is 5. The van der Waals surface area contributed by atoms with E-state index in [-0.39, 0.29) is 28.8 Å². The number of nitrogens with zero attached hydrogens (tertiary/aromatic N) is 2. The Balaban J connectivity index is 2.11. The van der Waals surface area contributed by atoms with Crippen molar-refractivity contribution in [2.75, 3.05) is 0 Å². The molecule has 2 heterocycles. The minimum atomic E-state index is -1.26. The second-order valence-electron chi connectivity index (χ2n) is 4.69. The van der Waals surface area contributed by atoms with Crippen LogP contribution in [0.25, 0.3) is 10.8 Å². The van der Waals surface area contributed by atoms with E-state index in [1.165, 1.54) is 12.1 Å². The minimum absolute atomic E-state index is 0.205. The van der Waals surface area contributed by atoms with Crippen molar-refractivity contribution < 1.29 is 14.7 Å². The van der Waals surface area contributed by atoms with E-state index in [0.717, 1.165) is 16.0 Å². The molecule has 0 aliphatic carbocycles. The Morgan fingerprint density at radius 3 is 2.48 bits per heavy atom. The van der Waals surface area contributed by atoms with E-state index >= 15 is 0 Å². The second-order valence-corrected chi connectivity index (χ2v) is 6.40. The van der Waals surface area contributed by atoms with Crippen molar-refractivity contribution in [2.24, 2.45) is 0 Å². The molecule has 2 aromatic heterocycles. The number of benzene rings is 1. The van der Waals surface area contributed by atoms with Gasteiger partial charge in [-0.25, -0.2) is 9.48 Å². The van der Waals surface area contributed by atoms with Crippen molar-refractivity contribution in [2.45, 2.75) is 6.54 Å². The molecule has 0 fully saturated rings. The van der Waals surface area contributed by atoms with Gasteiger partial charge in [0.2, 0.25) is 0 Å². The number of carboxylic acids is 1. The third-order valence-electron chi connectivity index (χ3n) is 3.21. The van der Waals surface area contributed by atoms with Gasteiger partial charge in [-0.15, -0.1) is 11.3 Å². The monoisotopic (exact) mass is 348 g/mol. The van der Waals surface area contributed by atoms with Crippen molar-refractivity contribution in [3.8, 4) is 0 Å². The van der Waals surface area contributed by atoms with Crippen molar-refractivity contribution in [1.29, 1.82) is 0 Å². The van der Waals surface area contributed by atoms with Crippen LogP contribution in [0.3, 0.4) is 0 Å². The highest BCUT2D eigenvalue weighted by Gasteiger charge is 2.18. The summed E-state index contributed by atoms with van der Waals surface area (Å²) >= 11 is 6.88. The number of halogens is 1. The summed E-state index contributed by atoms with van der Waals surface area (Å²) in [4.78, 5) is 36.4. The Kier molecular flexibility index (Phi) is 3.97. The fourth-order valence-corrected chi connectivity index (χ4v) is 3.15. The van der Waals surface area contributed by atoms with E-state index in [2.05, 4.69) is 5.10 Å². The highest BCUT2D eigenvalue weighted by molar-refractivity contribution is 7.18. The molecule has 0 unspecified atom stereocenters. The zero-order valence-corrected chi connectivity index (χ0v) is 13.1. The highest BCUT2D eigenvalue weighted by atomic mass is 35.5. The molecule has 1 aromatic carbocycles. The van der Waals surface area contributed by atoms with Gasteiger partial charge in [0.25, 0.3) is 5.56 Å². The maximum atomic E-state index is 12.4. The van der Waals surface area contributed by atoms with Crippen LogP contribution in [0.15, 0.2) is 41.2 Å². The maximum absolute atomic E-state index is 12.4. The molecule has 0 radical (unpaired) electrons. The molecule has 0 atom stereocenters. The largest absolute Gasteiger partial charge is 0.476 e. The Hall–Kier alpha value is -2.51. The van der Waals surface area contributed by atoms with Gasteiger partial charge in [-0.05, 0) is 18.2 Å². The molecule has 116 valence electrons. The molecule has 0 amide bonds. The third-order valence-corrected chi connectivity index (χ3v) is 4.48. The number of rotatable bonds is 4. The van der Waals surface area contributed by atoms with Gasteiger partial charge in [0.05, 0.1) is 14.6 Å². The summed E-state index contributed by atoms with van der Waals surface area (Å²) in [6.45, 7) is -0.346. The third kappa shape index (κ3) is 2.88. The quantitative estimate of drug-likeness (QED) is 0.732. The fourth-order valence-electron chi connectivity index (χ4n) is 2.18. The SMILES string of the molecule is O=C(Cn1nc(C(=O)O)c2ccccc2c1=O)c1ccc(Cl)s1. The fraction of sp³-hybridized carbons (Fsp3) is 0.0667. The summed E-state index contributed by atoms with van der Waals surface area (Å²) in [7, 11) is 0. The lowest BCUT2D eigenvalue weighted by Gasteiger charge is -2.07. The summed E-state index contributed by atoms with van der Waals surface area (Å²) in [6, 6.07) is 9.41. The number of aromatic nitrogens is 2. The van der Waals surface area contributed by atoms with E-state index in [4.69, 9.17) is 11.6 Å². The predicted molar refractivity (Wildman–Crippen MR) is 86.6 cm³/mol. The summed E-state index contributed by atoms with van der Waals surface area (Å²) in [5.74, 6) is -1.62. The molecule has 8 heteroatoms. The Morgan fingerprint density at radius 1 is 1.17 bits per heavy atom. The summed E-state index contributed by atoms with van der Waals surface area (Å²) < 4.78 is 1.33. The number of thiophene rings is 1. The molecular formula is C15H9ClN2O4S. The molecule has 23 heavy (non-hydrogen) atoms. The van der Waals surface area contributed by atoms with Crippen molar-refractivity contribution in [1.82, 2.24) is 9.78 Å². The Labute approximate surface area is 138 Å². The van der Waals surface area contributed by atoms with Gasteiger partial charge in [0, 0.05) is 5.39 Å². The predicted octanol–water partition coefficient (Wildman–Crippen LogP) is 2.69. The first kappa shape index (κ1) is 15.4. The summed E-state index contributed by atoms with van der Waals surface area (Å²) in [5, 5.41) is 13.6. The topological polar surface area (TPSA) is 89.3 Å². The number of ketones is 1. The minimum Gasteiger partial charge on any atom is -0.476 e. The maximum Gasteiger partial charge on any atom is 0.357 e. The molecule has 0 saturated carbocycles. The number of carbonyl (C=O) groups excluding carboxylic acids is 1. The van der Waals surface area contributed by atoms with Gasteiger partial charge in [-0.3, -0.25) is 9.59 Å². The van der Waals surface area contributed by atoms with E-state index < -0.39 is 11.5 Å². The number of fused-ring (bicyclic) bond motifs is 1. The van der Waals surface area contributed by atoms with E-state index in [1.807, 2.05) is 0 Å². The van der Waals surface area contributed by atoms with Crippen LogP contribution in [0.2, 0.25) is 4.34 Å². The molecule has 0 saturated heterocycles. The second kappa shape index (κ2) is 5.94. The van der Waals surface area contributed by atoms with Gasteiger partial charge >= 0.3 is 5.97 Å². The number of hydrogen-bond donors (Lipinski definition) is 1. The number of carboxylic acid groups (broad SMARTS) is 1. The van der Waals surface area contributed by atoms with Gasteiger partial charge in [-0.1, -0.05) is 29.8 Å². The molecule has 3 aromatic rings. The Bertz CT molecular complexity index is 993. The van der Waals surface area contributed by atoms with Gasteiger partial charge in [0.15, 0.2) is 11.5 Å². The van der Waals surface area contributed by atoms with Crippen LogP contribution in [0, 0.1) is 0 Å². The number of carbonyl (C=O) groups is 2. The average molecular weight is 349 g/mol. The van der Waals surface area contributed by atoms with Crippen LogP contribution in [0.1, 0.15) is 20.2 Å². The molecular weight excluding hydrogens is 340 g/mol. The van der Waals surface area contributed by atoms with Crippen LogP contribution < -0.4 is 5.56 Å². The summed E-state index contributed by atoms with van der Waals surface area (Å²) in [6.07, 6.45) is 0. The molecule has 0 bridgehead atoms. The van der Waals surface area contributed by atoms with Gasteiger partial charge in [-0.2, -0.15) is 5.10 Å². The van der Waals surface area contributed by atoms with Crippen LogP contribution in [0.4, 0.5) is 0 Å². The normalized spacial score (nSPS) is 10.8. The molecule has 1 N–H and O–H groups in total. The number of aromatic carboxylic acids is 1. The van der Waals surface area contributed by atoms with Crippen LogP contribution in [-0.2, 0) is 6.54 Å². The first-order valence-electron chi connectivity index (χ1n) is 6.49. The first-order chi connectivity index (χ1) is 11.0. The van der Waals surface area contributed by atoms with Crippen LogP contribution in [-0.4, -0.2) is 26.6 Å². The lowest BCUT2D eigenvalue weighted by molar-refractivity contribution is 0.0688. The molecule has 0 aliphatic heterocycles. The zero-order chi connectivity index (χ0) is 16.6. The van der Waals surface area contributed by atoms with Gasteiger partial charge in [0.1, 0.15) is 6.54 Å². The van der Waals surface area contributed by atoms with Crippen molar-refractivity contribution in [3.63, 3.8) is 0 Å². The standard InChI is InChI=1S/C15H9ClN2O4S/c16-12-6-5-11(23-12)10(19)7-18-14(20)9-4-2-1-3-8(9)13(17-18)15(21)22/h1-6H,7H2,(H,21,22). The van der Waals surface area contributed by atoms with Crippen molar-refractivity contribution >= 4 is 45.5 Å². The molecule has 3 rings (SSSR count). The molecule has 0 aliphatic rings. The zero-order valence-electron chi connectivity index (χ0n) is 11.5. The highest BCUT2D eigenvalue weighted by Crippen LogP contribution is 2.22. The smallest absolute Gasteiger partial charge is 0.357 e. The van der Waals surface area contributed by atoms with Gasteiger partial charge < -0.3 is 5.11 Å². The van der Waals surface area contributed by atoms with E-state index in [9.17, 15) is 19.5 Å². The van der Waals surface area contributed by atoms with Crippen LogP contribution in [0.5, 0.6) is 0 Å². The van der Waals surface area contributed by atoms with E-state index in [1.54, 1.807) is 24.3 Å². The average Bonchev–Trinajstić information content (AvgIpc) is 2.96. The number of Topliss-reactive ketones (excluding diaryl/α,β-unsaturated/α-hetero) is 1. The lowest BCUT2D eigenvalue weighted by atomic mass is 10.1. The lowest BCUT2D eigenvalue weighted by Crippen LogP contribution is -2.29. The van der Waals surface area contributed by atoms with Crippen molar-refractivity contribution in [3.05, 3.63) is 61.7 Å². The van der Waals surface area contributed by atoms with Crippen LogP contribution >= 0.6 is 22.9 Å². The first-order valence-corrected chi connectivity index (χ1v) is 7.68. The molecule has 6 nitrogen and oxygen atoms in total. The summed E-state index contributed by atoms with van der Waals surface area (Å²) in [5.41, 5.74) is -0.779. The Morgan fingerprint density at radius 2 is 1.87 bits per heavy atom. The van der Waals surface area contributed by atoms with E-state index in [0.29, 0.717) is 9.21 Å². The molecule has 0 spiro atoms.